The van der Waals surface area contributed by atoms with Gasteiger partial charge in [0.15, 0.2) is 0 Å². The third-order valence-electron chi connectivity index (χ3n) is 4.82. The smallest absolute Gasteiger partial charge is 0.251 e. The molecule has 0 aliphatic heterocycles. The van der Waals surface area contributed by atoms with Gasteiger partial charge in [-0.2, -0.15) is 0 Å². The van der Waals surface area contributed by atoms with Gasteiger partial charge in [0.05, 0.1) is 6.61 Å². The van der Waals surface area contributed by atoms with Crippen LogP contribution in [0.15, 0.2) is 60.7 Å². The van der Waals surface area contributed by atoms with E-state index >= 15 is 0 Å². The number of hydrogen-bond acceptors (Lipinski definition) is 3. The van der Waals surface area contributed by atoms with Gasteiger partial charge in [-0.3, -0.25) is 4.79 Å². The van der Waals surface area contributed by atoms with E-state index in [0.717, 1.165) is 47.1 Å². The number of nitrogens with one attached hydrogen (secondary N) is 1. The average molecular weight is 392 g/mol. The van der Waals surface area contributed by atoms with Crippen molar-refractivity contribution in [3.8, 4) is 11.5 Å². The molecule has 4 nitrogen and oxygen atoms in total. The normalized spacial score (nSPS) is 10.7. The highest BCUT2D eigenvalue weighted by Crippen LogP contribution is 2.28. The summed E-state index contributed by atoms with van der Waals surface area (Å²) in [4.78, 5) is 12.5. The summed E-state index contributed by atoms with van der Waals surface area (Å²) < 4.78 is 11.9. The first-order chi connectivity index (χ1) is 14.2. The lowest BCUT2D eigenvalue weighted by atomic mass is 10.1. The van der Waals surface area contributed by atoms with E-state index in [4.69, 9.17) is 9.47 Å². The predicted octanol–water partition coefficient (Wildman–Crippen LogP) is 5.74. The van der Waals surface area contributed by atoms with Crippen LogP contribution < -0.4 is 14.8 Å². The van der Waals surface area contributed by atoms with E-state index in [1.807, 2.05) is 55.5 Å². The molecule has 0 aliphatic carbocycles. The monoisotopic (exact) mass is 391 g/mol. The minimum Gasteiger partial charge on any atom is -0.493 e. The number of unbranched alkanes of at least 4 members (excludes halogenated alkanes) is 2. The second kappa shape index (κ2) is 10.5. The summed E-state index contributed by atoms with van der Waals surface area (Å²) in [6.45, 7) is 5.69. The molecule has 0 aromatic heterocycles. The minimum absolute atomic E-state index is 0.0597. The van der Waals surface area contributed by atoms with Gasteiger partial charge in [-0.05, 0) is 43.0 Å². The number of hydrogen-bond donors (Lipinski definition) is 1. The molecule has 0 heterocycles. The summed E-state index contributed by atoms with van der Waals surface area (Å²) in [5, 5.41) is 5.19. The molecule has 0 fully saturated rings. The molecule has 0 spiro atoms. The zero-order valence-corrected chi connectivity index (χ0v) is 17.2. The van der Waals surface area contributed by atoms with E-state index in [-0.39, 0.29) is 5.91 Å². The van der Waals surface area contributed by atoms with Crippen LogP contribution in [-0.2, 0) is 6.61 Å². The van der Waals surface area contributed by atoms with Crippen molar-refractivity contribution in [2.75, 3.05) is 13.2 Å². The van der Waals surface area contributed by atoms with Crippen LogP contribution in [0.2, 0.25) is 0 Å². The van der Waals surface area contributed by atoms with Crippen molar-refractivity contribution in [2.45, 2.75) is 39.7 Å². The molecular formula is C25H29NO3. The highest BCUT2D eigenvalue weighted by Gasteiger charge is 2.12. The summed E-state index contributed by atoms with van der Waals surface area (Å²) in [5.74, 6) is 1.51. The number of ether oxygens (including phenoxy) is 2. The molecule has 1 N–H and O–H groups in total. The van der Waals surface area contributed by atoms with Gasteiger partial charge in [-0.15, -0.1) is 0 Å². The molecule has 152 valence electrons. The molecule has 0 atom stereocenters. The Morgan fingerprint density at radius 1 is 0.897 bits per heavy atom. The fraction of sp³-hybridized carbons (Fsp3) is 0.320. The van der Waals surface area contributed by atoms with Crippen LogP contribution in [0, 0.1) is 0 Å². The van der Waals surface area contributed by atoms with Crippen LogP contribution in [0.25, 0.3) is 10.8 Å². The second-order valence-corrected chi connectivity index (χ2v) is 6.98. The number of amides is 1. The van der Waals surface area contributed by atoms with E-state index in [9.17, 15) is 4.79 Å². The summed E-state index contributed by atoms with van der Waals surface area (Å²) >= 11 is 0. The lowest BCUT2D eigenvalue weighted by Crippen LogP contribution is -2.24. The third-order valence-corrected chi connectivity index (χ3v) is 4.82. The Balaban J connectivity index is 1.76. The Morgan fingerprint density at radius 2 is 1.72 bits per heavy atom. The van der Waals surface area contributed by atoms with Crippen LogP contribution >= 0.6 is 0 Å². The molecule has 1 amide bonds. The second-order valence-electron chi connectivity index (χ2n) is 6.98. The average Bonchev–Trinajstić information content (AvgIpc) is 2.76. The van der Waals surface area contributed by atoms with Gasteiger partial charge >= 0.3 is 0 Å². The van der Waals surface area contributed by atoms with Gasteiger partial charge in [0.1, 0.15) is 18.1 Å². The van der Waals surface area contributed by atoms with Crippen LogP contribution in [0.3, 0.4) is 0 Å². The molecule has 0 saturated heterocycles. The molecular weight excluding hydrogens is 362 g/mol. The molecule has 3 aromatic rings. The van der Waals surface area contributed by atoms with Crippen molar-refractivity contribution in [1.29, 1.82) is 0 Å². The summed E-state index contributed by atoms with van der Waals surface area (Å²) in [6, 6.07) is 19.7. The lowest BCUT2D eigenvalue weighted by Gasteiger charge is -2.14. The maximum Gasteiger partial charge on any atom is 0.251 e. The quantitative estimate of drug-likeness (QED) is 0.449. The van der Waals surface area contributed by atoms with E-state index in [2.05, 4.69) is 24.4 Å². The van der Waals surface area contributed by atoms with Gasteiger partial charge in [-0.25, -0.2) is 0 Å². The first-order valence-electron chi connectivity index (χ1n) is 10.4. The summed E-state index contributed by atoms with van der Waals surface area (Å²) in [6.07, 6.45) is 3.25. The number of benzene rings is 3. The molecule has 0 aliphatic rings. The fourth-order valence-corrected chi connectivity index (χ4v) is 3.29. The van der Waals surface area contributed by atoms with Gasteiger partial charge in [0, 0.05) is 23.1 Å². The van der Waals surface area contributed by atoms with E-state index in [1.165, 1.54) is 0 Å². The highest BCUT2D eigenvalue weighted by molar-refractivity contribution is 5.94. The van der Waals surface area contributed by atoms with Crippen molar-refractivity contribution < 1.29 is 14.3 Å². The predicted molar refractivity (Wildman–Crippen MR) is 118 cm³/mol. The molecule has 0 radical (unpaired) electrons. The van der Waals surface area contributed by atoms with Crippen LogP contribution in [0.4, 0.5) is 0 Å². The van der Waals surface area contributed by atoms with Crippen LogP contribution in [-0.4, -0.2) is 19.1 Å². The molecule has 0 unspecified atom stereocenters. The summed E-state index contributed by atoms with van der Waals surface area (Å²) in [7, 11) is 0. The van der Waals surface area contributed by atoms with Gasteiger partial charge in [0.25, 0.3) is 5.91 Å². The molecule has 0 bridgehead atoms. The van der Waals surface area contributed by atoms with E-state index < -0.39 is 0 Å². The minimum atomic E-state index is -0.0597. The Kier molecular flexibility index (Phi) is 7.51. The van der Waals surface area contributed by atoms with Crippen molar-refractivity contribution in [2.24, 2.45) is 0 Å². The van der Waals surface area contributed by atoms with Gasteiger partial charge < -0.3 is 14.8 Å². The Bertz CT molecular complexity index is 946. The number of carbonyl (C=O) groups excluding carboxylic acids is 1. The van der Waals surface area contributed by atoms with Crippen LogP contribution in [0.5, 0.6) is 11.5 Å². The number of fused-ring (bicyclic) bond motifs is 1. The van der Waals surface area contributed by atoms with Crippen molar-refractivity contribution in [3.63, 3.8) is 0 Å². The maximum absolute atomic E-state index is 12.5. The van der Waals surface area contributed by atoms with Crippen LogP contribution in [0.1, 0.15) is 49.0 Å². The number of rotatable bonds is 10. The van der Waals surface area contributed by atoms with Crippen molar-refractivity contribution in [3.05, 3.63) is 71.8 Å². The van der Waals surface area contributed by atoms with E-state index in [0.29, 0.717) is 25.3 Å². The zero-order chi connectivity index (χ0) is 20.5. The molecule has 3 aromatic carbocycles. The molecule has 29 heavy (non-hydrogen) atoms. The Hall–Kier alpha value is -3.01. The number of carbonyl (C=O) groups is 1. The first kappa shape index (κ1) is 20.7. The topological polar surface area (TPSA) is 47.6 Å². The Labute approximate surface area is 172 Å². The standard InChI is InChI=1S/C25H29NO3/c1-3-5-8-16-26-25(27)20-14-15-23(28-4-2)21(17-20)18-29-24-13-9-11-19-10-6-7-12-22(19)24/h6-7,9-15,17H,3-5,8,16,18H2,1-2H3,(H,26,27). The molecule has 0 saturated carbocycles. The maximum atomic E-state index is 12.5. The van der Waals surface area contributed by atoms with E-state index in [1.54, 1.807) is 0 Å². The molecule has 3 rings (SSSR count). The van der Waals surface area contributed by atoms with Gasteiger partial charge in [0.2, 0.25) is 0 Å². The molecule has 4 heteroatoms. The Morgan fingerprint density at radius 3 is 2.55 bits per heavy atom. The SMILES string of the molecule is CCCCCNC(=O)c1ccc(OCC)c(COc2cccc3ccccc23)c1. The zero-order valence-electron chi connectivity index (χ0n) is 17.2. The highest BCUT2D eigenvalue weighted by atomic mass is 16.5. The third kappa shape index (κ3) is 5.50. The lowest BCUT2D eigenvalue weighted by molar-refractivity contribution is 0.0952. The summed E-state index contributed by atoms with van der Waals surface area (Å²) in [5.41, 5.74) is 1.49. The van der Waals surface area contributed by atoms with Crippen molar-refractivity contribution in [1.82, 2.24) is 5.32 Å². The fourth-order valence-electron chi connectivity index (χ4n) is 3.29. The largest absolute Gasteiger partial charge is 0.493 e. The van der Waals surface area contributed by atoms with Gasteiger partial charge in [-0.1, -0.05) is 56.2 Å². The first-order valence-corrected chi connectivity index (χ1v) is 10.4. The van der Waals surface area contributed by atoms with Crippen molar-refractivity contribution >= 4 is 16.7 Å².